The van der Waals surface area contributed by atoms with Crippen LogP contribution in [-0.2, 0) is 24.0 Å². The van der Waals surface area contributed by atoms with Crippen LogP contribution in [0.2, 0.25) is 0 Å². The first-order valence-electron chi connectivity index (χ1n) is 7.29. The predicted molar refractivity (Wildman–Crippen MR) is 83.6 cm³/mol. The molecule has 0 radical (unpaired) electrons. The summed E-state index contributed by atoms with van der Waals surface area (Å²) in [5.41, 5.74) is 1.36. The number of hydrogen-bond acceptors (Lipinski definition) is 5. The fraction of sp³-hybridized carbons (Fsp3) is 0.375. The average molecular weight is 337 g/mol. The Morgan fingerprint density at radius 3 is 1.96 bits per heavy atom. The molecule has 1 atom stereocenters. The van der Waals surface area contributed by atoms with Crippen molar-refractivity contribution in [2.75, 3.05) is 0 Å². The third kappa shape index (κ3) is 3.20. The maximum Gasteiger partial charge on any atom is 0.318 e. The first-order chi connectivity index (χ1) is 10.7. The first kappa shape index (κ1) is 17.4. The minimum atomic E-state index is -4.25. The van der Waals surface area contributed by atoms with Crippen LogP contribution in [0.3, 0.4) is 0 Å². The number of hydroxylamine groups is 2. The number of hydrogen-bond donors (Lipinski definition) is 0. The van der Waals surface area contributed by atoms with Crippen molar-refractivity contribution < 1.29 is 22.3 Å². The molecular weight excluding hydrogens is 318 g/mol. The largest absolute Gasteiger partial charge is 0.318 e. The van der Waals surface area contributed by atoms with Crippen molar-refractivity contribution >= 4 is 21.9 Å². The molecular formula is C16H19NO5S. The van der Waals surface area contributed by atoms with Gasteiger partial charge in [0, 0.05) is 11.1 Å². The van der Waals surface area contributed by atoms with Crippen LogP contribution in [0.15, 0.2) is 40.3 Å². The lowest BCUT2D eigenvalue weighted by molar-refractivity contribution is -0.162. The van der Waals surface area contributed by atoms with E-state index in [0.29, 0.717) is 11.0 Å². The normalized spacial score (nSPS) is 17.1. The number of carbonyl (C=O) groups is 2. The van der Waals surface area contributed by atoms with Crippen molar-refractivity contribution in [1.82, 2.24) is 5.06 Å². The van der Waals surface area contributed by atoms with Crippen LogP contribution in [0.1, 0.15) is 45.6 Å². The van der Waals surface area contributed by atoms with Crippen molar-refractivity contribution in [2.24, 2.45) is 0 Å². The highest BCUT2D eigenvalue weighted by Gasteiger charge is 2.38. The second kappa shape index (κ2) is 6.25. The zero-order valence-corrected chi connectivity index (χ0v) is 14.3. The SMILES string of the molecule is CCC(C)c1ccc(S(=O)(=O)ON2C(=O)C(C)=C(C)C2=O)cc1. The molecule has 7 heteroatoms. The minimum Gasteiger partial charge on any atom is -0.267 e. The maximum absolute atomic E-state index is 12.3. The second-order valence-corrected chi connectivity index (χ2v) is 7.09. The Kier molecular flexibility index (Phi) is 4.72. The Morgan fingerprint density at radius 1 is 1.04 bits per heavy atom. The molecule has 0 bridgehead atoms. The molecule has 0 fully saturated rings. The van der Waals surface area contributed by atoms with Gasteiger partial charge in [0.25, 0.3) is 11.8 Å². The summed E-state index contributed by atoms with van der Waals surface area (Å²) in [6.45, 7) is 6.98. The van der Waals surface area contributed by atoms with E-state index in [0.717, 1.165) is 12.0 Å². The van der Waals surface area contributed by atoms with Crippen molar-refractivity contribution in [2.45, 2.75) is 44.9 Å². The average Bonchev–Trinajstić information content (AvgIpc) is 2.72. The van der Waals surface area contributed by atoms with Crippen molar-refractivity contribution in [3.05, 3.63) is 41.0 Å². The molecule has 1 aliphatic rings. The topological polar surface area (TPSA) is 80.8 Å². The van der Waals surface area contributed by atoms with Gasteiger partial charge < -0.3 is 0 Å². The van der Waals surface area contributed by atoms with Gasteiger partial charge in [0.05, 0.1) is 4.90 Å². The molecule has 0 aromatic heterocycles. The highest BCUT2D eigenvalue weighted by molar-refractivity contribution is 7.86. The Morgan fingerprint density at radius 2 is 1.52 bits per heavy atom. The minimum absolute atomic E-state index is 0.104. The molecule has 2 rings (SSSR count). The lowest BCUT2D eigenvalue weighted by Gasteiger charge is -2.14. The van der Waals surface area contributed by atoms with E-state index in [9.17, 15) is 18.0 Å². The molecule has 0 aliphatic carbocycles. The summed E-state index contributed by atoms with van der Waals surface area (Å²) >= 11 is 0. The number of nitrogens with zero attached hydrogens (tertiary/aromatic N) is 1. The van der Waals surface area contributed by atoms with Crippen LogP contribution in [0.4, 0.5) is 0 Å². The zero-order valence-electron chi connectivity index (χ0n) is 13.5. The van der Waals surface area contributed by atoms with Gasteiger partial charge in [0.2, 0.25) is 0 Å². The summed E-state index contributed by atoms with van der Waals surface area (Å²) in [6.07, 6.45) is 0.934. The van der Waals surface area contributed by atoms with Crippen LogP contribution in [0.25, 0.3) is 0 Å². The molecule has 0 saturated carbocycles. The smallest absolute Gasteiger partial charge is 0.267 e. The second-order valence-electron chi connectivity index (χ2n) is 5.56. The van der Waals surface area contributed by atoms with E-state index in [1.165, 1.54) is 26.0 Å². The highest BCUT2D eigenvalue weighted by Crippen LogP contribution is 2.25. The zero-order chi connectivity index (χ0) is 17.4. The van der Waals surface area contributed by atoms with Gasteiger partial charge in [-0.25, -0.2) is 0 Å². The summed E-state index contributed by atoms with van der Waals surface area (Å²) in [6, 6.07) is 6.23. The number of carbonyl (C=O) groups excluding carboxylic acids is 2. The van der Waals surface area contributed by atoms with Gasteiger partial charge in [0.15, 0.2) is 0 Å². The summed E-state index contributed by atoms with van der Waals surface area (Å²) in [5, 5.41) is 0.294. The van der Waals surface area contributed by atoms with Crippen LogP contribution in [0, 0.1) is 0 Å². The molecule has 1 aliphatic heterocycles. The summed E-state index contributed by atoms with van der Waals surface area (Å²) in [7, 11) is -4.25. The van der Waals surface area contributed by atoms with Gasteiger partial charge in [-0.2, -0.15) is 8.42 Å². The van der Waals surface area contributed by atoms with Crippen LogP contribution >= 0.6 is 0 Å². The van der Waals surface area contributed by atoms with E-state index >= 15 is 0 Å². The van der Waals surface area contributed by atoms with Crippen LogP contribution in [-0.4, -0.2) is 25.3 Å². The number of rotatable bonds is 5. The summed E-state index contributed by atoms with van der Waals surface area (Å²) < 4.78 is 29.3. The molecule has 0 N–H and O–H groups in total. The molecule has 2 amide bonds. The van der Waals surface area contributed by atoms with Gasteiger partial charge in [-0.05, 0) is 43.9 Å². The highest BCUT2D eigenvalue weighted by atomic mass is 32.2. The Hall–Kier alpha value is -1.99. The molecule has 0 spiro atoms. The molecule has 23 heavy (non-hydrogen) atoms. The Labute approximate surface area is 135 Å². The molecule has 1 heterocycles. The molecule has 1 aromatic carbocycles. The van der Waals surface area contributed by atoms with Crippen molar-refractivity contribution in [1.29, 1.82) is 0 Å². The molecule has 1 unspecified atom stereocenters. The number of imide groups is 1. The van der Waals surface area contributed by atoms with E-state index in [1.807, 2.05) is 13.8 Å². The van der Waals surface area contributed by atoms with Gasteiger partial charge in [-0.1, -0.05) is 26.0 Å². The van der Waals surface area contributed by atoms with Gasteiger partial charge in [0.1, 0.15) is 0 Å². The lowest BCUT2D eigenvalue weighted by Crippen LogP contribution is -2.34. The summed E-state index contributed by atoms with van der Waals surface area (Å²) in [4.78, 5) is 23.6. The molecule has 1 aromatic rings. The first-order valence-corrected chi connectivity index (χ1v) is 8.70. The fourth-order valence-corrected chi connectivity index (χ4v) is 3.01. The standard InChI is InChI=1S/C16H19NO5S/c1-5-10(2)13-6-8-14(9-7-13)23(20,21)22-17-15(18)11(3)12(4)16(17)19/h6-10H,5H2,1-4H3. The third-order valence-corrected chi connectivity index (χ3v) is 5.29. The maximum atomic E-state index is 12.3. The van der Waals surface area contributed by atoms with E-state index in [4.69, 9.17) is 4.28 Å². The predicted octanol–water partition coefficient (Wildman–Crippen LogP) is 2.53. The third-order valence-electron chi connectivity index (χ3n) is 4.10. The lowest BCUT2D eigenvalue weighted by atomic mass is 9.99. The summed E-state index contributed by atoms with van der Waals surface area (Å²) in [5.74, 6) is -1.21. The molecule has 0 saturated heterocycles. The van der Waals surface area contributed by atoms with E-state index < -0.39 is 21.9 Å². The van der Waals surface area contributed by atoms with E-state index in [-0.39, 0.29) is 16.0 Å². The number of benzene rings is 1. The van der Waals surface area contributed by atoms with Gasteiger partial charge >= 0.3 is 10.1 Å². The van der Waals surface area contributed by atoms with Gasteiger partial charge in [-0.15, -0.1) is 9.35 Å². The monoisotopic (exact) mass is 337 g/mol. The van der Waals surface area contributed by atoms with Crippen molar-refractivity contribution in [3.63, 3.8) is 0 Å². The number of amides is 2. The fourth-order valence-electron chi connectivity index (χ4n) is 2.13. The van der Waals surface area contributed by atoms with Gasteiger partial charge in [-0.3, -0.25) is 9.59 Å². The Bertz CT molecular complexity index is 753. The quantitative estimate of drug-likeness (QED) is 0.771. The van der Waals surface area contributed by atoms with E-state index in [1.54, 1.807) is 12.1 Å². The van der Waals surface area contributed by atoms with Crippen molar-refractivity contribution in [3.8, 4) is 0 Å². The van der Waals surface area contributed by atoms with Crippen LogP contribution in [0.5, 0.6) is 0 Å². The molecule has 6 nitrogen and oxygen atoms in total. The van der Waals surface area contributed by atoms with Crippen LogP contribution < -0.4 is 0 Å². The van der Waals surface area contributed by atoms with E-state index in [2.05, 4.69) is 0 Å². The molecule has 124 valence electrons. The Balaban J connectivity index is 2.24.